The molecule has 0 spiro atoms. The van der Waals surface area contributed by atoms with Gasteiger partial charge in [0, 0.05) is 35.3 Å². The Bertz CT molecular complexity index is 518. The van der Waals surface area contributed by atoms with E-state index >= 15 is 0 Å². The van der Waals surface area contributed by atoms with E-state index < -0.39 is 4.92 Å². The molecule has 0 heterocycles. The highest BCUT2D eigenvalue weighted by atomic mass is 35.5. The third-order valence-electron chi connectivity index (χ3n) is 3.01. The number of nitro benzene ring substituents is 1. The van der Waals surface area contributed by atoms with Crippen LogP contribution in [0, 0.1) is 10.1 Å². The van der Waals surface area contributed by atoms with E-state index in [4.69, 9.17) is 11.6 Å². The summed E-state index contributed by atoms with van der Waals surface area (Å²) in [5.41, 5.74) is 0.0254. The molecule has 1 amide bonds. The molecule has 0 saturated heterocycles. The molecule has 0 bridgehead atoms. The first-order valence-electron chi connectivity index (χ1n) is 6.53. The molecule has 6 nitrogen and oxygen atoms in total. The maximum absolute atomic E-state index is 11.9. The van der Waals surface area contributed by atoms with Gasteiger partial charge in [0.1, 0.15) is 0 Å². The minimum absolute atomic E-state index is 0.180. The zero-order chi connectivity index (χ0) is 14.5. The number of carbonyl (C=O) groups excluding carboxylic acids is 1. The van der Waals surface area contributed by atoms with Crippen LogP contribution in [-0.2, 0) is 0 Å². The Morgan fingerprint density at radius 1 is 1.35 bits per heavy atom. The molecule has 0 aliphatic heterocycles. The van der Waals surface area contributed by atoms with Crippen molar-refractivity contribution in [2.45, 2.75) is 25.3 Å². The molecule has 0 aromatic heterocycles. The predicted octanol–water partition coefficient (Wildman–Crippen LogP) is 2.12. The second-order valence-electron chi connectivity index (χ2n) is 4.79. The minimum atomic E-state index is -0.567. The lowest BCUT2D eigenvalue weighted by Gasteiger charge is -2.06. The van der Waals surface area contributed by atoms with Crippen LogP contribution >= 0.6 is 11.6 Å². The van der Waals surface area contributed by atoms with Crippen LogP contribution in [0.25, 0.3) is 0 Å². The van der Waals surface area contributed by atoms with Crippen LogP contribution in [0.2, 0.25) is 5.02 Å². The fourth-order valence-corrected chi connectivity index (χ4v) is 2.03. The molecule has 1 aromatic rings. The fraction of sp³-hybridized carbons (Fsp3) is 0.462. The summed E-state index contributed by atoms with van der Waals surface area (Å²) < 4.78 is 0. The van der Waals surface area contributed by atoms with Crippen molar-refractivity contribution < 1.29 is 9.72 Å². The van der Waals surface area contributed by atoms with Gasteiger partial charge in [-0.05, 0) is 31.9 Å². The van der Waals surface area contributed by atoms with Crippen molar-refractivity contribution in [2.24, 2.45) is 0 Å². The first-order valence-corrected chi connectivity index (χ1v) is 6.90. The maximum Gasteiger partial charge on any atom is 0.271 e. The lowest BCUT2D eigenvalue weighted by Crippen LogP contribution is -2.28. The third-order valence-corrected chi connectivity index (χ3v) is 3.22. The van der Waals surface area contributed by atoms with Gasteiger partial charge in [-0.1, -0.05) is 11.6 Å². The summed E-state index contributed by atoms with van der Waals surface area (Å²) in [4.78, 5) is 22.0. The van der Waals surface area contributed by atoms with E-state index in [1.807, 2.05) is 0 Å². The van der Waals surface area contributed by atoms with E-state index in [0.717, 1.165) is 13.0 Å². The van der Waals surface area contributed by atoms with Crippen molar-refractivity contribution in [3.63, 3.8) is 0 Å². The Balaban J connectivity index is 1.82. The molecular formula is C13H16ClN3O3. The molecule has 1 aliphatic rings. The molecule has 1 aromatic carbocycles. The number of rotatable bonds is 7. The molecule has 7 heteroatoms. The van der Waals surface area contributed by atoms with Gasteiger partial charge >= 0.3 is 0 Å². The number of hydrogen-bond acceptors (Lipinski definition) is 4. The number of amides is 1. The van der Waals surface area contributed by atoms with Gasteiger partial charge in [0.05, 0.1) is 4.92 Å². The van der Waals surface area contributed by atoms with Gasteiger partial charge in [0.15, 0.2) is 0 Å². The van der Waals surface area contributed by atoms with Crippen LogP contribution in [0.4, 0.5) is 5.69 Å². The summed E-state index contributed by atoms with van der Waals surface area (Å²) in [6.45, 7) is 1.39. The van der Waals surface area contributed by atoms with Gasteiger partial charge < -0.3 is 10.6 Å². The van der Waals surface area contributed by atoms with E-state index in [9.17, 15) is 14.9 Å². The number of benzene rings is 1. The highest BCUT2D eigenvalue weighted by Crippen LogP contribution is 2.21. The van der Waals surface area contributed by atoms with Crippen LogP contribution in [0.15, 0.2) is 18.2 Å². The molecule has 1 saturated carbocycles. The largest absolute Gasteiger partial charge is 0.352 e. The van der Waals surface area contributed by atoms with Gasteiger partial charge in [0.25, 0.3) is 11.6 Å². The summed E-state index contributed by atoms with van der Waals surface area (Å²) in [7, 11) is 0. The zero-order valence-corrected chi connectivity index (χ0v) is 11.7. The smallest absolute Gasteiger partial charge is 0.271 e. The standard InChI is InChI=1S/C13H16ClN3O3/c14-10-6-9(7-12(8-10)17(19)20)13(18)16-5-1-4-15-11-2-3-11/h6-8,11,15H,1-5H2,(H,16,18). The number of carbonyl (C=O) groups is 1. The molecule has 1 fully saturated rings. The summed E-state index contributed by atoms with van der Waals surface area (Å²) in [5, 5.41) is 17.0. The van der Waals surface area contributed by atoms with Gasteiger partial charge in [0.2, 0.25) is 0 Å². The summed E-state index contributed by atoms with van der Waals surface area (Å²) in [6, 6.07) is 4.52. The lowest BCUT2D eigenvalue weighted by molar-refractivity contribution is -0.384. The van der Waals surface area contributed by atoms with Crippen molar-refractivity contribution in [1.29, 1.82) is 0 Å². The van der Waals surface area contributed by atoms with Gasteiger partial charge in [-0.15, -0.1) is 0 Å². The SMILES string of the molecule is O=C(NCCCNC1CC1)c1cc(Cl)cc([N+](=O)[O-])c1. The second kappa shape index (κ2) is 6.67. The van der Waals surface area contributed by atoms with E-state index in [-0.39, 0.29) is 22.2 Å². The summed E-state index contributed by atoms with van der Waals surface area (Å²) in [6.07, 6.45) is 3.29. The average Bonchev–Trinajstić information content (AvgIpc) is 3.21. The number of nitrogens with zero attached hydrogens (tertiary/aromatic N) is 1. The van der Waals surface area contributed by atoms with Crippen LogP contribution in [0.3, 0.4) is 0 Å². The van der Waals surface area contributed by atoms with E-state index in [2.05, 4.69) is 10.6 Å². The Morgan fingerprint density at radius 3 is 2.75 bits per heavy atom. The third kappa shape index (κ3) is 4.47. The predicted molar refractivity (Wildman–Crippen MR) is 76.1 cm³/mol. The molecule has 2 N–H and O–H groups in total. The zero-order valence-electron chi connectivity index (χ0n) is 10.9. The fourth-order valence-electron chi connectivity index (χ4n) is 1.80. The van der Waals surface area contributed by atoms with Crippen LogP contribution in [0.1, 0.15) is 29.6 Å². The van der Waals surface area contributed by atoms with Gasteiger partial charge in [-0.3, -0.25) is 14.9 Å². The number of nitro groups is 1. The Morgan fingerprint density at radius 2 is 2.10 bits per heavy atom. The number of nitrogens with one attached hydrogen (secondary N) is 2. The second-order valence-corrected chi connectivity index (χ2v) is 5.23. The molecule has 0 atom stereocenters. The van der Waals surface area contributed by atoms with Crippen LogP contribution in [-0.4, -0.2) is 30.0 Å². The van der Waals surface area contributed by atoms with E-state index in [1.165, 1.54) is 31.0 Å². The number of hydrogen-bond donors (Lipinski definition) is 2. The first kappa shape index (κ1) is 14.7. The molecule has 1 aliphatic carbocycles. The molecule has 20 heavy (non-hydrogen) atoms. The monoisotopic (exact) mass is 297 g/mol. The highest BCUT2D eigenvalue weighted by molar-refractivity contribution is 6.31. The molecule has 108 valence electrons. The topological polar surface area (TPSA) is 84.3 Å². The summed E-state index contributed by atoms with van der Waals surface area (Å²) in [5.74, 6) is -0.345. The van der Waals surface area contributed by atoms with E-state index in [1.54, 1.807) is 0 Å². The molecule has 2 rings (SSSR count). The molecule has 0 unspecified atom stereocenters. The number of halogens is 1. The van der Waals surface area contributed by atoms with Crippen molar-refractivity contribution in [3.8, 4) is 0 Å². The van der Waals surface area contributed by atoms with Gasteiger partial charge in [-0.2, -0.15) is 0 Å². The first-order chi connectivity index (χ1) is 9.56. The number of non-ortho nitro benzene ring substituents is 1. The lowest BCUT2D eigenvalue weighted by atomic mass is 10.2. The van der Waals surface area contributed by atoms with Crippen molar-refractivity contribution in [2.75, 3.05) is 13.1 Å². The molecular weight excluding hydrogens is 282 g/mol. The van der Waals surface area contributed by atoms with Gasteiger partial charge in [-0.25, -0.2) is 0 Å². The minimum Gasteiger partial charge on any atom is -0.352 e. The summed E-state index contributed by atoms with van der Waals surface area (Å²) >= 11 is 5.77. The highest BCUT2D eigenvalue weighted by Gasteiger charge is 2.19. The van der Waals surface area contributed by atoms with Crippen LogP contribution < -0.4 is 10.6 Å². The Labute approximate surface area is 121 Å². The Hall–Kier alpha value is -1.66. The van der Waals surface area contributed by atoms with Crippen LogP contribution in [0.5, 0.6) is 0 Å². The quantitative estimate of drug-likeness (QED) is 0.459. The Kier molecular flexibility index (Phi) is 4.92. The normalized spacial score (nSPS) is 14.1. The average molecular weight is 298 g/mol. The van der Waals surface area contributed by atoms with Crippen molar-refractivity contribution in [3.05, 3.63) is 38.9 Å². The maximum atomic E-state index is 11.9. The van der Waals surface area contributed by atoms with Crippen molar-refractivity contribution in [1.82, 2.24) is 10.6 Å². The molecule has 0 radical (unpaired) electrons. The van der Waals surface area contributed by atoms with E-state index in [0.29, 0.717) is 12.6 Å². The van der Waals surface area contributed by atoms with Crippen molar-refractivity contribution >= 4 is 23.2 Å².